The number of benzene rings is 2. The van der Waals surface area contributed by atoms with E-state index in [0.29, 0.717) is 42.6 Å². The van der Waals surface area contributed by atoms with Gasteiger partial charge in [0.15, 0.2) is 0 Å². The van der Waals surface area contributed by atoms with Crippen molar-refractivity contribution in [2.75, 3.05) is 26.2 Å². The normalized spacial score (nSPS) is 14.1. The number of piperazine rings is 1. The zero-order valence-corrected chi connectivity index (χ0v) is 16.2. The van der Waals surface area contributed by atoms with Crippen LogP contribution in [0.1, 0.15) is 20.8 Å². The van der Waals surface area contributed by atoms with E-state index in [4.69, 9.17) is 11.6 Å². The summed E-state index contributed by atoms with van der Waals surface area (Å²) in [5.41, 5.74) is 1.93. The minimum atomic E-state index is -0.539. The van der Waals surface area contributed by atoms with Gasteiger partial charge in [-0.3, -0.25) is 14.7 Å². The van der Waals surface area contributed by atoms with Crippen LogP contribution in [0.5, 0.6) is 0 Å². The molecular weight excluding hydrogens is 395 g/mol. The highest BCUT2D eigenvalue weighted by molar-refractivity contribution is 6.30. The molecule has 1 saturated heterocycles. The van der Waals surface area contributed by atoms with Gasteiger partial charge in [-0.05, 0) is 30.3 Å². The Hall–Kier alpha value is -3.19. The van der Waals surface area contributed by atoms with Gasteiger partial charge in [0.1, 0.15) is 11.5 Å². The van der Waals surface area contributed by atoms with Gasteiger partial charge < -0.3 is 9.80 Å². The first-order valence-corrected chi connectivity index (χ1v) is 9.55. The molecule has 3 aromatic rings. The summed E-state index contributed by atoms with van der Waals surface area (Å²) >= 11 is 5.90. The average Bonchev–Trinajstić information content (AvgIpc) is 3.24. The number of rotatable bonds is 3. The van der Waals surface area contributed by atoms with Gasteiger partial charge >= 0.3 is 0 Å². The molecule has 0 aliphatic carbocycles. The summed E-state index contributed by atoms with van der Waals surface area (Å²) in [6.45, 7) is 1.43. The lowest BCUT2D eigenvalue weighted by Gasteiger charge is -2.34. The lowest BCUT2D eigenvalue weighted by molar-refractivity contribution is 0.0529. The van der Waals surface area contributed by atoms with Crippen molar-refractivity contribution in [2.45, 2.75) is 0 Å². The molecule has 1 aromatic heterocycles. The smallest absolute Gasteiger partial charge is 0.272 e. The van der Waals surface area contributed by atoms with Crippen LogP contribution < -0.4 is 0 Å². The van der Waals surface area contributed by atoms with Crippen LogP contribution in [0.2, 0.25) is 5.02 Å². The van der Waals surface area contributed by atoms with E-state index in [-0.39, 0.29) is 17.4 Å². The third kappa shape index (κ3) is 4.00. The number of halogens is 2. The second kappa shape index (κ2) is 8.05. The van der Waals surface area contributed by atoms with Gasteiger partial charge in [0.2, 0.25) is 0 Å². The molecule has 6 nitrogen and oxygen atoms in total. The van der Waals surface area contributed by atoms with Gasteiger partial charge in [0.25, 0.3) is 11.8 Å². The highest BCUT2D eigenvalue weighted by Gasteiger charge is 2.27. The molecule has 4 rings (SSSR count). The van der Waals surface area contributed by atoms with Crippen LogP contribution in [-0.4, -0.2) is 58.0 Å². The number of carbonyl (C=O) groups is 2. The summed E-state index contributed by atoms with van der Waals surface area (Å²) in [6.07, 6.45) is 0. The number of amides is 2. The molecule has 1 fully saturated rings. The van der Waals surface area contributed by atoms with Crippen molar-refractivity contribution in [3.8, 4) is 11.3 Å². The number of hydrogen-bond acceptors (Lipinski definition) is 3. The lowest BCUT2D eigenvalue weighted by atomic mass is 10.1. The summed E-state index contributed by atoms with van der Waals surface area (Å²) in [5, 5.41) is 7.61. The molecule has 0 bridgehead atoms. The Kier molecular flexibility index (Phi) is 5.31. The number of nitrogens with one attached hydrogen (secondary N) is 1. The summed E-state index contributed by atoms with van der Waals surface area (Å²) in [5.74, 6) is -1.08. The maximum absolute atomic E-state index is 13.9. The van der Waals surface area contributed by atoms with Crippen LogP contribution in [0.3, 0.4) is 0 Å². The van der Waals surface area contributed by atoms with Gasteiger partial charge in [-0.2, -0.15) is 5.10 Å². The van der Waals surface area contributed by atoms with E-state index >= 15 is 0 Å². The van der Waals surface area contributed by atoms with E-state index in [0.717, 1.165) is 5.56 Å². The molecule has 148 valence electrons. The summed E-state index contributed by atoms with van der Waals surface area (Å²) in [6, 6.07) is 14.8. The molecule has 0 radical (unpaired) electrons. The number of aromatic nitrogens is 2. The van der Waals surface area contributed by atoms with E-state index in [2.05, 4.69) is 10.2 Å². The predicted molar refractivity (Wildman–Crippen MR) is 107 cm³/mol. The Labute approximate surface area is 171 Å². The molecule has 0 saturated carbocycles. The maximum atomic E-state index is 13.9. The fourth-order valence-corrected chi connectivity index (χ4v) is 3.41. The quantitative estimate of drug-likeness (QED) is 0.716. The molecular formula is C21H18ClFN4O2. The number of aromatic amines is 1. The monoisotopic (exact) mass is 412 g/mol. The third-order valence-corrected chi connectivity index (χ3v) is 5.16. The first kappa shape index (κ1) is 19.1. The van der Waals surface area contributed by atoms with E-state index in [1.54, 1.807) is 40.1 Å². The van der Waals surface area contributed by atoms with Crippen LogP contribution in [0.25, 0.3) is 11.3 Å². The average molecular weight is 413 g/mol. The minimum absolute atomic E-state index is 0.0495. The number of nitrogens with zero attached hydrogens (tertiary/aromatic N) is 3. The van der Waals surface area contributed by atoms with Crippen LogP contribution in [0.15, 0.2) is 54.6 Å². The van der Waals surface area contributed by atoms with Crippen molar-refractivity contribution in [3.63, 3.8) is 0 Å². The van der Waals surface area contributed by atoms with Gasteiger partial charge in [-0.1, -0.05) is 35.9 Å². The van der Waals surface area contributed by atoms with Gasteiger partial charge in [-0.25, -0.2) is 4.39 Å². The molecule has 8 heteroatoms. The van der Waals surface area contributed by atoms with E-state index in [1.807, 2.05) is 12.1 Å². The second-order valence-electron chi connectivity index (χ2n) is 6.74. The third-order valence-electron chi connectivity index (χ3n) is 4.91. The Bertz CT molecular complexity index is 1040. The lowest BCUT2D eigenvalue weighted by Crippen LogP contribution is -2.50. The summed E-state index contributed by atoms with van der Waals surface area (Å²) < 4.78 is 13.9. The van der Waals surface area contributed by atoms with Crippen molar-refractivity contribution in [1.82, 2.24) is 20.0 Å². The molecule has 2 aromatic carbocycles. The van der Waals surface area contributed by atoms with Crippen molar-refractivity contribution in [2.24, 2.45) is 0 Å². The fraction of sp³-hybridized carbons (Fsp3) is 0.190. The zero-order chi connectivity index (χ0) is 20.4. The fourth-order valence-electron chi connectivity index (χ4n) is 3.29. The van der Waals surface area contributed by atoms with Crippen molar-refractivity contribution >= 4 is 23.4 Å². The largest absolute Gasteiger partial charge is 0.335 e. The van der Waals surface area contributed by atoms with E-state index in [1.165, 1.54) is 12.1 Å². The number of carbonyl (C=O) groups excluding carboxylic acids is 2. The maximum Gasteiger partial charge on any atom is 0.272 e. The number of hydrogen-bond donors (Lipinski definition) is 1. The van der Waals surface area contributed by atoms with Crippen LogP contribution in [0, 0.1) is 5.82 Å². The first-order chi connectivity index (χ1) is 14.0. The Balaban J connectivity index is 1.40. The zero-order valence-electron chi connectivity index (χ0n) is 15.4. The standard InChI is InChI=1S/C21H18ClFN4O2/c22-15-7-5-14(6-8-15)18-13-19(25-24-18)21(29)27-11-9-26(10-12-27)20(28)16-3-1-2-4-17(16)23/h1-8,13H,9-12H2,(H,24,25). The van der Waals surface area contributed by atoms with Crippen LogP contribution >= 0.6 is 11.6 Å². The van der Waals surface area contributed by atoms with Gasteiger partial charge in [-0.15, -0.1) is 0 Å². The Morgan fingerprint density at radius 2 is 1.55 bits per heavy atom. The highest BCUT2D eigenvalue weighted by Crippen LogP contribution is 2.21. The van der Waals surface area contributed by atoms with Gasteiger partial charge in [0, 0.05) is 36.8 Å². The minimum Gasteiger partial charge on any atom is -0.335 e. The Morgan fingerprint density at radius 3 is 2.21 bits per heavy atom. The van der Waals surface area contributed by atoms with E-state index < -0.39 is 5.82 Å². The Morgan fingerprint density at radius 1 is 0.931 bits per heavy atom. The molecule has 2 heterocycles. The summed E-state index contributed by atoms with van der Waals surface area (Å²) in [7, 11) is 0. The van der Waals surface area contributed by atoms with Gasteiger partial charge in [0.05, 0.1) is 11.3 Å². The van der Waals surface area contributed by atoms with Crippen molar-refractivity contribution in [3.05, 3.63) is 76.7 Å². The predicted octanol–water partition coefficient (Wildman–Crippen LogP) is 3.47. The molecule has 29 heavy (non-hydrogen) atoms. The van der Waals surface area contributed by atoms with Crippen LogP contribution in [0.4, 0.5) is 4.39 Å². The van der Waals surface area contributed by atoms with E-state index in [9.17, 15) is 14.0 Å². The molecule has 1 aliphatic rings. The molecule has 0 atom stereocenters. The van der Waals surface area contributed by atoms with Crippen molar-refractivity contribution < 1.29 is 14.0 Å². The molecule has 0 unspecified atom stereocenters. The first-order valence-electron chi connectivity index (χ1n) is 9.17. The second-order valence-corrected chi connectivity index (χ2v) is 7.17. The summed E-state index contributed by atoms with van der Waals surface area (Å²) in [4.78, 5) is 28.5. The highest BCUT2D eigenvalue weighted by atomic mass is 35.5. The van der Waals surface area contributed by atoms with Crippen LogP contribution in [-0.2, 0) is 0 Å². The molecule has 1 aliphatic heterocycles. The molecule has 2 amide bonds. The molecule has 1 N–H and O–H groups in total. The topological polar surface area (TPSA) is 69.3 Å². The number of H-pyrrole nitrogens is 1. The SMILES string of the molecule is O=C(c1cc(-c2ccc(Cl)cc2)n[nH]1)N1CCN(C(=O)c2ccccc2F)CC1. The molecule has 0 spiro atoms. The van der Waals surface area contributed by atoms with Crippen molar-refractivity contribution in [1.29, 1.82) is 0 Å².